The first-order valence-electron chi connectivity index (χ1n) is 9.69. The van der Waals surface area contributed by atoms with E-state index in [1.165, 1.54) is 5.56 Å². The van der Waals surface area contributed by atoms with Gasteiger partial charge in [-0.1, -0.05) is 103 Å². The lowest BCUT2D eigenvalue weighted by molar-refractivity contribution is 0.507. The summed E-state index contributed by atoms with van der Waals surface area (Å²) in [6.45, 7) is 0. The van der Waals surface area contributed by atoms with Gasteiger partial charge in [0, 0.05) is 17.5 Å². The molecule has 3 aromatic carbocycles. The molecule has 0 spiro atoms. The van der Waals surface area contributed by atoms with Crippen molar-refractivity contribution < 1.29 is 4.42 Å². The van der Waals surface area contributed by atoms with E-state index in [2.05, 4.69) is 60.7 Å². The lowest BCUT2D eigenvalue weighted by Crippen LogP contribution is -1.85. The number of oxazole rings is 1. The van der Waals surface area contributed by atoms with Gasteiger partial charge in [-0.3, -0.25) is 0 Å². The lowest BCUT2D eigenvalue weighted by atomic mass is 10.1. The van der Waals surface area contributed by atoms with Crippen molar-refractivity contribution in [3.63, 3.8) is 0 Å². The summed E-state index contributed by atoms with van der Waals surface area (Å²) in [6.07, 6.45) is 7.08. The van der Waals surface area contributed by atoms with E-state index >= 15 is 0 Å². The Morgan fingerprint density at radius 1 is 0.679 bits per heavy atom. The zero-order valence-corrected chi connectivity index (χ0v) is 15.8. The Morgan fingerprint density at radius 2 is 1.29 bits per heavy atom. The summed E-state index contributed by atoms with van der Waals surface area (Å²) in [6, 6.07) is 30.9. The molecule has 0 bridgehead atoms. The van der Waals surface area contributed by atoms with Gasteiger partial charge >= 0.3 is 0 Å². The maximum Gasteiger partial charge on any atom is 0.195 e. The van der Waals surface area contributed by atoms with E-state index < -0.39 is 0 Å². The molecule has 1 aromatic heterocycles. The van der Waals surface area contributed by atoms with Crippen LogP contribution >= 0.6 is 0 Å². The van der Waals surface area contributed by atoms with Crippen molar-refractivity contribution in [2.45, 2.75) is 19.3 Å². The van der Waals surface area contributed by atoms with Crippen molar-refractivity contribution in [2.24, 2.45) is 0 Å². The highest BCUT2D eigenvalue weighted by molar-refractivity contribution is 5.76. The topological polar surface area (TPSA) is 26.0 Å². The van der Waals surface area contributed by atoms with Crippen LogP contribution in [-0.2, 0) is 12.8 Å². The molecule has 0 aliphatic carbocycles. The van der Waals surface area contributed by atoms with Crippen LogP contribution in [0.2, 0.25) is 0 Å². The second kappa shape index (κ2) is 9.01. The molecule has 0 atom stereocenters. The van der Waals surface area contributed by atoms with Crippen LogP contribution in [0, 0.1) is 0 Å². The van der Waals surface area contributed by atoms with Crippen LogP contribution in [0.3, 0.4) is 0 Å². The van der Waals surface area contributed by atoms with Crippen LogP contribution in [0.5, 0.6) is 0 Å². The molecule has 2 nitrogen and oxygen atoms in total. The van der Waals surface area contributed by atoms with Crippen LogP contribution in [0.4, 0.5) is 0 Å². The number of nitrogens with zero attached hydrogens (tertiary/aromatic N) is 1. The third kappa shape index (κ3) is 4.47. The van der Waals surface area contributed by atoms with Gasteiger partial charge in [0.05, 0.1) is 0 Å². The van der Waals surface area contributed by atoms with Gasteiger partial charge in [0.25, 0.3) is 0 Å². The Kier molecular flexibility index (Phi) is 5.79. The normalized spacial score (nSPS) is 11.1. The van der Waals surface area contributed by atoms with Gasteiger partial charge in [-0.05, 0) is 18.4 Å². The van der Waals surface area contributed by atoms with E-state index in [-0.39, 0.29) is 0 Å². The maximum atomic E-state index is 6.18. The first kappa shape index (κ1) is 18.0. The third-order valence-corrected chi connectivity index (χ3v) is 4.64. The van der Waals surface area contributed by atoms with E-state index in [0.29, 0.717) is 0 Å². The van der Waals surface area contributed by atoms with E-state index in [1.54, 1.807) is 0 Å². The molecule has 1 heterocycles. The number of aromatic nitrogens is 1. The van der Waals surface area contributed by atoms with Crippen molar-refractivity contribution in [3.05, 3.63) is 115 Å². The molecule has 0 amide bonds. The summed E-state index contributed by atoms with van der Waals surface area (Å²) in [5, 5.41) is 0. The zero-order chi connectivity index (χ0) is 19.0. The third-order valence-electron chi connectivity index (χ3n) is 4.64. The molecule has 0 saturated heterocycles. The highest BCUT2D eigenvalue weighted by Crippen LogP contribution is 2.32. The van der Waals surface area contributed by atoms with Crippen LogP contribution < -0.4 is 0 Å². The Hall–Kier alpha value is -3.39. The van der Waals surface area contributed by atoms with E-state index in [9.17, 15) is 0 Å². The molecule has 0 saturated carbocycles. The van der Waals surface area contributed by atoms with Gasteiger partial charge in [-0.15, -0.1) is 0 Å². The molecule has 0 aliphatic rings. The molecule has 0 unspecified atom stereocenters. The minimum absolute atomic E-state index is 0.780. The second-order valence-corrected chi connectivity index (χ2v) is 6.72. The van der Waals surface area contributed by atoms with Crippen molar-refractivity contribution in [2.75, 3.05) is 0 Å². The van der Waals surface area contributed by atoms with Crippen molar-refractivity contribution in [1.29, 1.82) is 0 Å². The minimum atomic E-state index is 0.780. The Bertz CT molecular complexity index is 961. The largest absolute Gasteiger partial charge is 0.440 e. The quantitative estimate of drug-likeness (QED) is 0.339. The molecule has 0 N–H and O–H groups in total. The Balaban J connectivity index is 1.49. The molecule has 0 radical (unpaired) electrons. The number of hydrogen-bond donors (Lipinski definition) is 0. The first-order valence-corrected chi connectivity index (χ1v) is 9.69. The molecule has 0 aliphatic heterocycles. The molecule has 28 heavy (non-hydrogen) atoms. The number of aryl methyl sites for hydroxylation is 1. The van der Waals surface area contributed by atoms with Gasteiger partial charge in [-0.2, -0.15) is 0 Å². The van der Waals surface area contributed by atoms with E-state index in [4.69, 9.17) is 9.40 Å². The number of hydrogen-bond acceptors (Lipinski definition) is 2. The second-order valence-electron chi connectivity index (χ2n) is 6.72. The average molecular weight is 365 g/mol. The van der Waals surface area contributed by atoms with Crippen LogP contribution in [0.1, 0.15) is 17.9 Å². The Morgan fingerprint density at radius 3 is 1.96 bits per heavy atom. The molecule has 0 fully saturated rings. The van der Waals surface area contributed by atoms with Gasteiger partial charge in [-0.25, -0.2) is 4.98 Å². The number of benzene rings is 3. The molecular formula is C26H23NO. The lowest BCUT2D eigenvalue weighted by Gasteiger charge is -2.00. The fourth-order valence-corrected chi connectivity index (χ4v) is 3.21. The highest BCUT2D eigenvalue weighted by Gasteiger charge is 2.16. The highest BCUT2D eigenvalue weighted by atomic mass is 16.4. The smallest absolute Gasteiger partial charge is 0.195 e. The zero-order valence-electron chi connectivity index (χ0n) is 15.8. The first-order chi connectivity index (χ1) is 13.9. The van der Waals surface area contributed by atoms with Gasteiger partial charge < -0.3 is 4.42 Å². The summed E-state index contributed by atoms with van der Waals surface area (Å²) in [7, 11) is 0. The van der Waals surface area contributed by atoms with Gasteiger partial charge in [0.1, 0.15) is 5.69 Å². The monoisotopic (exact) mass is 365 g/mol. The van der Waals surface area contributed by atoms with E-state index in [0.717, 1.165) is 47.7 Å². The Labute approximate surface area is 166 Å². The van der Waals surface area contributed by atoms with Crippen molar-refractivity contribution in [1.82, 2.24) is 4.98 Å². The summed E-state index contributed by atoms with van der Waals surface area (Å²) in [5.74, 6) is 1.62. The fraction of sp³-hybridized carbons (Fsp3) is 0.115. The van der Waals surface area contributed by atoms with E-state index in [1.807, 2.05) is 42.5 Å². The average Bonchev–Trinajstić information content (AvgIpc) is 3.20. The standard InChI is InChI=1S/C26H23NO/c1-5-13-21(14-6-1)15-7-2-12-20-24-27-25(22-16-8-3-9-17-22)26(28-24)23-18-10-4-11-19-23/h1-11,13-14,16-19H,12,15,20H2. The van der Waals surface area contributed by atoms with Crippen LogP contribution in [0.25, 0.3) is 22.6 Å². The molecule has 2 heteroatoms. The maximum absolute atomic E-state index is 6.18. The minimum Gasteiger partial charge on any atom is -0.440 e. The fourth-order valence-electron chi connectivity index (χ4n) is 3.21. The van der Waals surface area contributed by atoms with Crippen LogP contribution in [-0.4, -0.2) is 4.98 Å². The van der Waals surface area contributed by atoms with Gasteiger partial charge in [0.15, 0.2) is 11.7 Å². The summed E-state index contributed by atoms with van der Waals surface area (Å²) >= 11 is 0. The molecule has 4 aromatic rings. The van der Waals surface area contributed by atoms with Crippen molar-refractivity contribution in [3.8, 4) is 22.6 Å². The number of rotatable bonds is 7. The summed E-state index contributed by atoms with van der Waals surface area (Å²) in [5.41, 5.74) is 4.37. The summed E-state index contributed by atoms with van der Waals surface area (Å²) in [4.78, 5) is 4.81. The van der Waals surface area contributed by atoms with Gasteiger partial charge in [0.2, 0.25) is 0 Å². The molecule has 4 rings (SSSR count). The predicted molar refractivity (Wildman–Crippen MR) is 115 cm³/mol. The van der Waals surface area contributed by atoms with Crippen molar-refractivity contribution >= 4 is 0 Å². The van der Waals surface area contributed by atoms with Crippen LogP contribution in [0.15, 0.2) is 108 Å². The number of allylic oxidation sites excluding steroid dienone is 2. The molecule has 138 valence electrons. The molecular weight excluding hydrogens is 342 g/mol. The summed E-state index contributed by atoms with van der Waals surface area (Å²) < 4.78 is 6.18. The SMILES string of the molecule is C(=CCc1ccccc1)CCc1nc(-c2ccccc2)c(-c2ccccc2)o1. The predicted octanol–water partition coefficient (Wildman–Crippen LogP) is 6.74.